The van der Waals surface area contributed by atoms with E-state index >= 15 is 0 Å². The number of nitrogens with zero attached hydrogens (tertiary/aromatic N) is 1. The zero-order chi connectivity index (χ0) is 17.5. The van der Waals surface area contributed by atoms with Gasteiger partial charge in [-0.1, -0.05) is 29.8 Å². The maximum absolute atomic E-state index is 12.3. The molecule has 2 aromatic carbocycles. The Kier molecular flexibility index (Phi) is 4.11. The molecule has 0 unspecified atom stereocenters. The minimum Gasteiger partial charge on any atom is -0.317 e. The maximum atomic E-state index is 12.3. The van der Waals surface area contributed by atoms with Crippen molar-refractivity contribution in [2.24, 2.45) is 7.05 Å². The van der Waals surface area contributed by atoms with Crippen LogP contribution in [0.5, 0.6) is 0 Å². The molecule has 0 amide bonds. The van der Waals surface area contributed by atoms with Crippen LogP contribution < -0.4 is 10.3 Å². The Morgan fingerprint density at radius 2 is 1.71 bits per heavy atom. The SMILES string of the molecule is Cn1cc(-c2cc(NS(C)(=O)=O)ccc2Cl)c2ccccc2c1=O. The lowest BCUT2D eigenvalue weighted by molar-refractivity contribution is 0.607. The molecule has 0 bridgehead atoms. The molecule has 24 heavy (non-hydrogen) atoms. The lowest BCUT2D eigenvalue weighted by Gasteiger charge is -2.13. The fourth-order valence-corrected chi connectivity index (χ4v) is 3.41. The Morgan fingerprint density at radius 1 is 1.04 bits per heavy atom. The quantitative estimate of drug-likeness (QED) is 0.777. The molecule has 0 spiro atoms. The summed E-state index contributed by atoms with van der Waals surface area (Å²) in [6.07, 6.45) is 2.79. The highest BCUT2D eigenvalue weighted by Gasteiger charge is 2.13. The normalized spacial score (nSPS) is 11.6. The Bertz CT molecular complexity index is 1100. The van der Waals surface area contributed by atoms with E-state index in [1.54, 1.807) is 43.6 Å². The van der Waals surface area contributed by atoms with E-state index in [0.717, 1.165) is 17.2 Å². The van der Waals surface area contributed by atoms with Crippen LogP contribution in [-0.2, 0) is 17.1 Å². The topological polar surface area (TPSA) is 68.2 Å². The van der Waals surface area contributed by atoms with Crippen LogP contribution in [0.4, 0.5) is 5.69 Å². The summed E-state index contributed by atoms with van der Waals surface area (Å²) in [5.74, 6) is 0. The van der Waals surface area contributed by atoms with Gasteiger partial charge in [0, 0.05) is 40.5 Å². The molecule has 0 fully saturated rings. The molecule has 1 N–H and O–H groups in total. The molecule has 1 heterocycles. The summed E-state index contributed by atoms with van der Waals surface area (Å²) in [5, 5.41) is 1.81. The Morgan fingerprint density at radius 3 is 2.38 bits per heavy atom. The largest absolute Gasteiger partial charge is 0.317 e. The first-order valence-electron chi connectivity index (χ1n) is 7.12. The molecular weight excluding hydrogens is 348 g/mol. The second-order valence-electron chi connectivity index (χ2n) is 5.57. The van der Waals surface area contributed by atoms with Crippen LogP contribution >= 0.6 is 11.6 Å². The van der Waals surface area contributed by atoms with Gasteiger partial charge in [-0.25, -0.2) is 8.42 Å². The van der Waals surface area contributed by atoms with Gasteiger partial charge < -0.3 is 4.57 Å². The molecule has 3 aromatic rings. The van der Waals surface area contributed by atoms with Gasteiger partial charge in [-0.2, -0.15) is 0 Å². The van der Waals surface area contributed by atoms with Crippen LogP contribution in [0, 0.1) is 0 Å². The van der Waals surface area contributed by atoms with E-state index in [0.29, 0.717) is 21.7 Å². The van der Waals surface area contributed by atoms with Crippen molar-refractivity contribution in [2.75, 3.05) is 11.0 Å². The van der Waals surface area contributed by atoms with Gasteiger partial charge >= 0.3 is 0 Å². The first kappa shape index (κ1) is 16.5. The summed E-state index contributed by atoms with van der Waals surface area (Å²) < 4.78 is 26.8. The van der Waals surface area contributed by atoms with Crippen molar-refractivity contribution in [3.63, 3.8) is 0 Å². The first-order chi connectivity index (χ1) is 11.3. The number of halogens is 1. The van der Waals surface area contributed by atoms with Crippen LogP contribution in [0.25, 0.3) is 21.9 Å². The van der Waals surface area contributed by atoms with Gasteiger partial charge in [0.1, 0.15) is 0 Å². The fraction of sp³-hybridized carbons (Fsp3) is 0.118. The molecule has 1 aromatic heterocycles. The van der Waals surface area contributed by atoms with Gasteiger partial charge in [-0.3, -0.25) is 9.52 Å². The number of pyridine rings is 1. The van der Waals surface area contributed by atoms with Crippen LogP contribution in [0.1, 0.15) is 0 Å². The molecule has 124 valence electrons. The Hall–Kier alpha value is -2.31. The molecule has 3 rings (SSSR count). The summed E-state index contributed by atoms with van der Waals surface area (Å²) >= 11 is 6.33. The first-order valence-corrected chi connectivity index (χ1v) is 9.39. The predicted octanol–water partition coefficient (Wildman–Crippen LogP) is 3.23. The van der Waals surface area contributed by atoms with E-state index in [4.69, 9.17) is 11.6 Å². The van der Waals surface area contributed by atoms with Gasteiger partial charge in [0.25, 0.3) is 5.56 Å². The number of rotatable bonds is 3. The number of aryl methyl sites for hydroxylation is 1. The third-order valence-electron chi connectivity index (χ3n) is 3.65. The van der Waals surface area contributed by atoms with Crippen molar-refractivity contribution in [3.8, 4) is 11.1 Å². The molecule has 0 saturated carbocycles. The van der Waals surface area contributed by atoms with E-state index in [1.165, 1.54) is 4.57 Å². The van der Waals surface area contributed by atoms with Crippen LogP contribution in [0.15, 0.2) is 53.5 Å². The second-order valence-corrected chi connectivity index (χ2v) is 7.73. The summed E-state index contributed by atoms with van der Waals surface area (Å²) in [6.45, 7) is 0. The summed E-state index contributed by atoms with van der Waals surface area (Å²) in [5.41, 5.74) is 1.72. The highest BCUT2D eigenvalue weighted by molar-refractivity contribution is 7.92. The lowest BCUT2D eigenvalue weighted by Crippen LogP contribution is -2.16. The van der Waals surface area contributed by atoms with Crippen molar-refractivity contribution < 1.29 is 8.42 Å². The molecule has 5 nitrogen and oxygen atoms in total. The highest BCUT2D eigenvalue weighted by atomic mass is 35.5. The molecule has 7 heteroatoms. The van der Waals surface area contributed by atoms with Gasteiger partial charge in [-0.05, 0) is 29.7 Å². The average Bonchev–Trinajstić information content (AvgIpc) is 2.52. The zero-order valence-corrected chi connectivity index (χ0v) is 14.6. The lowest BCUT2D eigenvalue weighted by atomic mass is 10.00. The van der Waals surface area contributed by atoms with Crippen molar-refractivity contribution in [1.29, 1.82) is 0 Å². The zero-order valence-electron chi connectivity index (χ0n) is 13.1. The molecule has 0 aliphatic rings. The minimum atomic E-state index is -3.39. The van der Waals surface area contributed by atoms with Crippen molar-refractivity contribution in [1.82, 2.24) is 4.57 Å². The summed E-state index contributed by atoms with van der Waals surface area (Å²) in [7, 11) is -1.72. The number of hydrogen-bond donors (Lipinski definition) is 1. The number of benzene rings is 2. The van der Waals surface area contributed by atoms with Crippen LogP contribution in [0.3, 0.4) is 0 Å². The van der Waals surface area contributed by atoms with Gasteiger partial charge in [0.05, 0.1) is 6.26 Å². The van der Waals surface area contributed by atoms with E-state index in [1.807, 2.05) is 12.1 Å². The van der Waals surface area contributed by atoms with Crippen molar-refractivity contribution >= 4 is 38.1 Å². The number of anilines is 1. The number of sulfonamides is 1. The predicted molar refractivity (Wildman–Crippen MR) is 98.1 cm³/mol. The molecule has 0 saturated heterocycles. The van der Waals surface area contributed by atoms with Crippen LogP contribution in [0.2, 0.25) is 5.02 Å². The number of aromatic nitrogens is 1. The Balaban J connectivity index is 2.30. The van der Waals surface area contributed by atoms with Gasteiger partial charge in [0.2, 0.25) is 10.0 Å². The number of nitrogens with one attached hydrogen (secondary N) is 1. The standard InChI is InChI=1S/C17H15ClN2O3S/c1-20-10-15(12-5-3-4-6-13(12)17(20)21)14-9-11(7-8-16(14)18)19-24(2,22)23/h3-10,19H,1-2H3. The third-order valence-corrected chi connectivity index (χ3v) is 4.59. The van der Waals surface area contributed by atoms with E-state index in [2.05, 4.69) is 4.72 Å². The molecular formula is C17H15ClN2O3S. The van der Waals surface area contributed by atoms with E-state index in [9.17, 15) is 13.2 Å². The number of hydrogen-bond acceptors (Lipinski definition) is 3. The monoisotopic (exact) mass is 362 g/mol. The maximum Gasteiger partial charge on any atom is 0.258 e. The van der Waals surface area contributed by atoms with E-state index in [-0.39, 0.29) is 5.56 Å². The Labute approximate surface area is 144 Å². The average molecular weight is 363 g/mol. The molecule has 0 radical (unpaired) electrons. The smallest absolute Gasteiger partial charge is 0.258 e. The minimum absolute atomic E-state index is 0.101. The molecule has 0 aliphatic carbocycles. The van der Waals surface area contributed by atoms with Gasteiger partial charge in [-0.15, -0.1) is 0 Å². The third kappa shape index (κ3) is 3.16. The second kappa shape index (κ2) is 5.96. The highest BCUT2D eigenvalue weighted by Crippen LogP contribution is 2.34. The number of fused-ring (bicyclic) bond motifs is 1. The van der Waals surface area contributed by atoms with Crippen molar-refractivity contribution in [3.05, 3.63) is 64.0 Å². The van der Waals surface area contributed by atoms with Gasteiger partial charge in [0.15, 0.2) is 0 Å². The van der Waals surface area contributed by atoms with Crippen LogP contribution in [-0.4, -0.2) is 19.2 Å². The molecule has 0 aliphatic heterocycles. The molecule has 0 atom stereocenters. The summed E-state index contributed by atoms with van der Waals surface area (Å²) in [4.78, 5) is 12.3. The fourth-order valence-electron chi connectivity index (χ4n) is 2.64. The summed E-state index contributed by atoms with van der Waals surface area (Å²) in [6, 6.07) is 12.1. The van der Waals surface area contributed by atoms with E-state index < -0.39 is 10.0 Å². The van der Waals surface area contributed by atoms with Crippen molar-refractivity contribution in [2.45, 2.75) is 0 Å².